The number of carbonyl (C=O) groups excluding carboxylic acids is 4. The number of oxazole rings is 2. The molecule has 0 saturated carbocycles. The zero-order valence-electron chi connectivity index (χ0n) is 33.7. The lowest BCUT2D eigenvalue weighted by atomic mass is 10.1. The van der Waals surface area contributed by atoms with Crippen molar-refractivity contribution in [1.29, 1.82) is 0 Å². The number of hydrogen-bond acceptors (Lipinski definition) is 13. The van der Waals surface area contributed by atoms with E-state index in [1.54, 1.807) is 52.1 Å². The van der Waals surface area contributed by atoms with E-state index >= 15 is 0 Å². The van der Waals surface area contributed by atoms with E-state index in [9.17, 15) is 19.2 Å². The number of anilines is 2. The van der Waals surface area contributed by atoms with Crippen molar-refractivity contribution in [2.75, 3.05) is 50.0 Å². The molecule has 4 amide bonds. The SMILES string of the molecule is CCc1nc(C)oc1C(=O)Nc1nc2cc(C(N)=O)cc3c2n1C/C=C/Cn1c(NC(=O)c2oc(C)nc2CC)nc2cc(C(=O)N4CCNCC4)cc(c21)OCCCO3. The van der Waals surface area contributed by atoms with Gasteiger partial charge in [-0.3, -0.25) is 29.8 Å². The summed E-state index contributed by atoms with van der Waals surface area (Å²) < 4.78 is 27.6. The van der Waals surface area contributed by atoms with E-state index in [1.165, 1.54) is 0 Å². The fourth-order valence-electron chi connectivity index (χ4n) is 7.42. The third-order valence-corrected chi connectivity index (χ3v) is 10.2. The van der Waals surface area contributed by atoms with Crippen LogP contribution in [0.3, 0.4) is 0 Å². The van der Waals surface area contributed by atoms with Gasteiger partial charge in [-0.1, -0.05) is 26.0 Å². The third kappa shape index (κ3) is 7.78. The molecule has 60 heavy (non-hydrogen) atoms. The number of nitrogens with one attached hydrogen (secondary N) is 3. The molecule has 6 aromatic rings. The smallest absolute Gasteiger partial charge is 0.295 e. The minimum atomic E-state index is -0.678. The Kier molecular flexibility index (Phi) is 11.1. The molecule has 312 valence electrons. The first kappa shape index (κ1) is 39.8. The number of carbonyl (C=O) groups is 4. The second-order valence-corrected chi connectivity index (χ2v) is 14.3. The Balaban J connectivity index is 1.21. The summed E-state index contributed by atoms with van der Waals surface area (Å²) in [6.45, 7) is 10.2. The normalized spacial score (nSPS) is 15.2. The van der Waals surface area contributed by atoms with E-state index in [2.05, 4.69) is 25.9 Å². The van der Waals surface area contributed by atoms with E-state index in [1.807, 2.05) is 26.0 Å². The molecule has 6 heterocycles. The number of nitrogens with two attached hydrogens (primary N) is 1. The number of ether oxygens (including phenoxy) is 2. The maximum Gasteiger partial charge on any atom is 0.295 e. The predicted octanol–water partition coefficient (Wildman–Crippen LogP) is 4.17. The molecular weight excluding hydrogens is 775 g/mol. The van der Waals surface area contributed by atoms with Crippen LogP contribution < -0.4 is 31.2 Å². The van der Waals surface area contributed by atoms with Gasteiger partial charge in [0.05, 0.1) is 35.6 Å². The number of aromatic nitrogens is 6. The molecule has 0 atom stereocenters. The summed E-state index contributed by atoms with van der Waals surface area (Å²) in [5.41, 5.74) is 9.15. The van der Waals surface area contributed by atoms with Crippen LogP contribution in [0.4, 0.5) is 11.9 Å². The van der Waals surface area contributed by atoms with Gasteiger partial charge < -0.3 is 43.4 Å². The van der Waals surface area contributed by atoms with Crippen molar-refractivity contribution in [2.24, 2.45) is 5.73 Å². The average molecular weight is 820 g/mol. The van der Waals surface area contributed by atoms with Gasteiger partial charge in [0.15, 0.2) is 11.8 Å². The molecule has 0 bridgehead atoms. The van der Waals surface area contributed by atoms with Gasteiger partial charge in [0.25, 0.3) is 17.7 Å². The van der Waals surface area contributed by atoms with Gasteiger partial charge in [0.2, 0.25) is 29.3 Å². The number of hydrogen-bond donors (Lipinski definition) is 4. The average Bonchev–Trinajstić information content (AvgIpc) is 4.00. The standard InChI is InChI=1S/C41H45N11O8/c1-5-26-34(59-22(3)44-26)37(54)48-40-46-28-18-24(36(42)53)20-30-32(28)51(40)12-7-8-13-52-33-29(47-41(52)49-38(55)35-27(6-2)45-23(4)60-35)19-25(21-31(33)58-17-9-16-57-30)39(56)50-14-10-43-11-15-50/h7-8,18-21,43H,5-6,9-17H2,1-4H3,(H2,42,53)(H,46,48,54)(H,47,49,55)/b8-7+. The van der Waals surface area contributed by atoms with Gasteiger partial charge in [-0.25, -0.2) is 19.9 Å². The molecule has 19 nitrogen and oxygen atoms in total. The molecule has 8 rings (SSSR count). The van der Waals surface area contributed by atoms with E-state index in [0.29, 0.717) is 108 Å². The van der Waals surface area contributed by atoms with Crippen LogP contribution in [0.1, 0.15) is 85.3 Å². The van der Waals surface area contributed by atoms with Gasteiger partial charge in [0.1, 0.15) is 22.5 Å². The monoisotopic (exact) mass is 819 g/mol. The first-order chi connectivity index (χ1) is 29.0. The van der Waals surface area contributed by atoms with Crippen LogP contribution in [-0.4, -0.2) is 97.0 Å². The Morgan fingerprint density at radius 1 is 0.717 bits per heavy atom. The number of piperazine rings is 1. The highest BCUT2D eigenvalue weighted by molar-refractivity contribution is 6.05. The van der Waals surface area contributed by atoms with E-state index in [0.717, 1.165) is 0 Å². The molecule has 2 aromatic carbocycles. The summed E-state index contributed by atoms with van der Waals surface area (Å²) in [6.07, 6.45) is 5.05. The summed E-state index contributed by atoms with van der Waals surface area (Å²) in [7, 11) is 0. The number of allylic oxidation sites excluding steroid dienone is 2. The largest absolute Gasteiger partial charge is 0.491 e. The van der Waals surface area contributed by atoms with E-state index < -0.39 is 17.7 Å². The fourth-order valence-corrected chi connectivity index (χ4v) is 7.42. The lowest BCUT2D eigenvalue weighted by molar-refractivity contribution is 0.0735. The molecular formula is C41H45N11O8. The lowest BCUT2D eigenvalue weighted by Crippen LogP contribution is -2.46. The zero-order chi connectivity index (χ0) is 42.1. The topological polar surface area (TPSA) is 240 Å². The van der Waals surface area contributed by atoms with Crippen molar-refractivity contribution < 1.29 is 37.5 Å². The molecule has 1 fully saturated rings. The van der Waals surface area contributed by atoms with Crippen molar-refractivity contribution in [3.05, 3.63) is 82.2 Å². The Morgan fingerprint density at radius 2 is 1.20 bits per heavy atom. The summed E-state index contributed by atoms with van der Waals surface area (Å²) in [5.74, 6) is 0.00671. The van der Waals surface area contributed by atoms with Gasteiger partial charge >= 0.3 is 0 Å². The first-order valence-corrected chi connectivity index (χ1v) is 19.9. The van der Waals surface area contributed by atoms with Gasteiger partial charge in [0, 0.05) is 70.7 Å². The minimum absolute atomic E-state index is 0.0681. The highest BCUT2D eigenvalue weighted by Gasteiger charge is 2.27. The van der Waals surface area contributed by atoms with Gasteiger partial charge in [-0.2, -0.15) is 0 Å². The van der Waals surface area contributed by atoms with Crippen LogP contribution in [0, 0.1) is 13.8 Å². The van der Waals surface area contributed by atoms with Crippen LogP contribution in [0.5, 0.6) is 11.5 Å². The number of aryl methyl sites for hydroxylation is 4. The molecule has 4 aromatic heterocycles. The summed E-state index contributed by atoms with van der Waals surface area (Å²) in [4.78, 5) is 73.7. The van der Waals surface area contributed by atoms with Crippen molar-refractivity contribution in [2.45, 2.75) is 60.0 Å². The van der Waals surface area contributed by atoms with Crippen LogP contribution in [-0.2, 0) is 25.9 Å². The van der Waals surface area contributed by atoms with Crippen LogP contribution in [0.2, 0.25) is 0 Å². The Morgan fingerprint density at radius 3 is 1.68 bits per heavy atom. The highest BCUT2D eigenvalue weighted by atomic mass is 16.5. The van der Waals surface area contributed by atoms with Crippen LogP contribution in [0.25, 0.3) is 22.1 Å². The van der Waals surface area contributed by atoms with Gasteiger partial charge in [-0.15, -0.1) is 0 Å². The maximum atomic E-state index is 13.8. The highest BCUT2D eigenvalue weighted by Crippen LogP contribution is 2.34. The second-order valence-electron chi connectivity index (χ2n) is 14.3. The number of benzene rings is 2. The molecule has 0 radical (unpaired) electrons. The van der Waals surface area contributed by atoms with Crippen molar-refractivity contribution >= 4 is 57.6 Å². The zero-order valence-corrected chi connectivity index (χ0v) is 33.7. The molecule has 0 spiro atoms. The molecule has 0 unspecified atom stereocenters. The molecule has 2 aliphatic rings. The molecule has 1 saturated heterocycles. The van der Waals surface area contributed by atoms with E-state index in [-0.39, 0.29) is 61.2 Å². The summed E-state index contributed by atoms with van der Waals surface area (Å²) in [6, 6.07) is 6.51. The number of rotatable bonds is 8. The Labute approximate surface area is 343 Å². The second kappa shape index (κ2) is 16.7. The Bertz CT molecular complexity index is 2680. The molecule has 5 N–H and O–H groups in total. The third-order valence-electron chi connectivity index (χ3n) is 10.2. The quantitative estimate of drug-likeness (QED) is 0.158. The minimum Gasteiger partial charge on any atom is -0.491 e. The van der Waals surface area contributed by atoms with Gasteiger partial charge in [-0.05, 0) is 37.1 Å². The molecule has 0 aliphatic carbocycles. The maximum absolute atomic E-state index is 13.8. The summed E-state index contributed by atoms with van der Waals surface area (Å²) in [5, 5.41) is 9.07. The molecule has 19 heteroatoms. The predicted molar refractivity (Wildman–Crippen MR) is 219 cm³/mol. The van der Waals surface area contributed by atoms with Crippen molar-refractivity contribution in [3.8, 4) is 11.5 Å². The van der Waals surface area contributed by atoms with Crippen molar-refractivity contribution in [1.82, 2.24) is 39.3 Å². The number of amides is 4. The molecule has 2 aliphatic heterocycles. The van der Waals surface area contributed by atoms with E-state index in [4.69, 9.17) is 34.0 Å². The number of nitrogens with zero attached hydrogens (tertiary/aromatic N) is 7. The Hall–Kier alpha value is -7.02. The fraction of sp³-hybridized carbons (Fsp3) is 0.366. The van der Waals surface area contributed by atoms with Crippen LogP contribution >= 0.6 is 0 Å². The summed E-state index contributed by atoms with van der Waals surface area (Å²) >= 11 is 0. The van der Waals surface area contributed by atoms with Crippen LogP contribution in [0.15, 0.2) is 45.3 Å². The first-order valence-electron chi connectivity index (χ1n) is 19.9. The van der Waals surface area contributed by atoms with Crippen molar-refractivity contribution in [3.63, 3.8) is 0 Å². The number of imidazole rings is 2. The lowest BCUT2D eigenvalue weighted by Gasteiger charge is -2.27. The number of primary amides is 1.